The first kappa shape index (κ1) is 14.9. The van der Waals surface area contributed by atoms with Gasteiger partial charge in [0.2, 0.25) is 0 Å². The highest BCUT2D eigenvalue weighted by Crippen LogP contribution is 2.50. The SMILES string of the molecule is O=C(O)CC(c1ccc2c(c1)OC(F)(F)C(F)(F)O2)C1CC1. The molecule has 1 unspecified atom stereocenters. The molecule has 1 N–H and O–H groups in total. The summed E-state index contributed by atoms with van der Waals surface area (Å²) in [5.41, 5.74) is 0.466. The van der Waals surface area contributed by atoms with Crippen LogP contribution in [0.3, 0.4) is 0 Å². The van der Waals surface area contributed by atoms with Crippen LogP contribution in [-0.2, 0) is 4.79 Å². The highest BCUT2D eigenvalue weighted by Gasteiger charge is 2.66. The first-order valence-corrected chi connectivity index (χ1v) is 6.69. The Hall–Kier alpha value is -1.99. The minimum Gasteiger partial charge on any atom is -0.481 e. The van der Waals surface area contributed by atoms with Crippen LogP contribution in [0.1, 0.15) is 30.7 Å². The first-order valence-electron chi connectivity index (χ1n) is 6.69. The van der Waals surface area contributed by atoms with E-state index in [0.29, 0.717) is 5.56 Å². The van der Waals surface area contributed by atoms with E-state index >= 15 is 0 Å². The van der Waals surface area contributed by atoms with Crippen LogP contribution in [-0.4, -0.2) is 23.3 Å². The standard InChI is InChI=1S/C14H12F4O4/c15-13(16)14(17,18)22-11-5-8(3-4-10(11)21-13)9(6-12(19)20)7-1-2-7/h3-5,7,9H,1-2,6H2,(H,19,20). The van der Waals surface area contributed by atoms with Gasteiger partial charge in [-0.25, -0.2) is 0 Å². The maximum absolute atomic E-state index is 13.2. The molecule has 1 aromatic rings. The van der Waals surface area contributed by atoms with E-state index in [1.807, 2.05) is 0 Å². The molecule has 22 heavy (non-hydrogen) atoms. The summed E-state index contributed by atoms with van der Waals surface area (Å²) in [7, 11) is 0. The maximum atomic E-state index is 13.2. The van der Waals surface area contributed by atoms with E-state index in [0.717, 1.165) is 25.0 Å². The molecule has 1 saturated carbocycles. The summed E-state index contributed by atoms with van der Waals surface area (Å²) in [6.45, 7) is 0. The van der Waals surface area contributed by atoms with E-state index in [-0.39, 0.29) is 18.3 Å². The third-order valence-corrected chi connectivity index (χ3v) is 3.80. The largest absolute Gasteiger partial charge is 0.507 e. The Kier molecular flexibility index (Phi) is 3.23. The summed E-state index contributed by atoms with van der Waals surface area (Å²) >= 11 is 0. The summed E-state index contributed by atoms with van der Waals surface area (Å²) in [5, 5.41) is 8.94. The molecule has 120 valence electrons. The van der Waals surface area contributed by atoms with Gasteiger partial charge in [-0.05, 0) is 42.4 Å². The summed E-state index contributed by atoms with van der Waals surface area (Å²) < 4.78 is 60.6. The molecule has 0 bridgehead atoms. The van der Waals surface area contributed by atoms with Crippen LogP contribution >= 0.6 is 0 Å². The van der Waals surface area contributed by atoms with Crippen LogP contribution < -0.4 is 9.47 Å². The molecule has 2 aliphatic rings. The average Bonchev–Trinajstić information content (AvgIpc) is 3.20. The predicted molar refractivity (Wildman–Crippen MR) is 65.3 cm³/mol. The van der Waals surface area contributed by atoms with Gasteiger partial charge in [-0.2, -0.15) is 17.6 Å². The Morgan fingerprint density at radius 2 is 1.77 bits per heavy atom. The van der Waals surface area contributed by atoms with Gasteiger partial charge >= 0.3 is 18.2 Å². The zero-order chi connectivity index (χ0) is 16.1. The fourth-order valence-electron chi connectivity index (χ4n) is 2.56. The van der Waals surface area contributed by atoms with Crippen molar-refractivity contribution < 1.29 is 36.9 Å². The van der Waals surface area contributed by atoms with Gasteiger partial charge in [-0.1, -0.05) is 6.07 Å². The van der Waals surface area contributed by atoms with E-state index in [1.165, 1.54) is 6.07 Å². The van der Waals surface area contributed by atoms with Crippen LogP contribution in [0.4, 0.5) is 17.6 Å². The van der Waals surface area contributed by atoms with Gasteiger partial charge in [0.1, 0.15) is 0 Å². The molecule has 3 rings (SSSR count). The third kappa shape index (κ3) is 2.57. The highest BCUT2D eigenvalue weighted by molar-refractivity contribution is 5.68. The average molecular weight is 320 g/mol. The second kappa shape index (κ2) is 4.76. The smallest absolute Gasteiger partial charge is 0.481 e. The van der Waals surface area contributed by atoms with Gasteiger partial charge in [0, 0.05) is 0 Å². The van der Waals surface area contributed by atoms with Crippen molar-refractivity contribution in [3.05, 3.63) is 23.8 Å². The maximum Gasteiger partial charge on any atom is 0.507 e. The zero-order valence-electron chi connectivity index (χ0n) is 11.2. The summed E-state index contributed by atoms with van der Waals surface area (Å²) in [4.78, 5) is 10.9. The van der Waals surface area contributed by atoms with Crippen LogP contribution in [0.2, 0.25) is 0 Å². The highest BCUT2D eigenvalue weighted by atomic mass is 19.3. The lowest BCUT2D eigenvalue weighted by Crippen LogP contribution is -2.52. The Labute approximate surface area is 122 Å². The Balaban J connectivity index is 1.92. The fourth-order valence-corrected chi connectivity index (χ4v) is 2.56. The number of hydrogen-bond donors (Lipinski definition) is 1. The minimum absolute atomic E-state index is 0.153. The lowest BCUT2D eigenvalue weighted by molar-refractivity contribution is -0.391. The van der Waals surface area contributed by atoms with Crippen molar-refractivity contribution in [3.8, 4) is 11.5 Å². The van der Waals surface area contributed by atoms with Crippen molar-refractivity contribution in [3.63, 3.8) is 0 Å². The molecule has 1 fully saturated rings. The molecule has 0 aromatic heterocycles. The summed E-state index contributed by atoms with van der Waals surface area (Å²) in [5.74, 6) is -2.22. The Bertz CT molecular complexity index is 613. The molecule has 8 heteroatoms. The molecular weight excluding hydrogens is 308 g/mol. The fraction of sp³-hybridized carbons (Fsp3) is 0.500. The van der Waals surface area contributed by atoms with Crippen molar-refractivity contribution >= 4 is 5.97 Å². The molecule has 4 nitrogen and oxygen atoms in total. The molecule has 0 radical (unpaired) electrons. The molecule has 1 aliphatic carbocycles. The number of halogens is 4. The van der Waals surface area contributed by atoms with Crippen LogP contribution in [0.5, 0.6) is 11.5 Å². The predicted octanol–water partition coefficient (Wildman–Crippen LogP) is 3.61. The molecule has 0 saturated heterocycles. The summed E-state index contributed by atoms with van der Waals surface area (Å²) in [6.07, 6.45) is -7.99. The summed E-state index contributed by atoms with van der Waals surface area (Å²) in [6, 6.07) is 3.67. The van der Waals surface area contributed by atoms with Crippen molar-refractivity contribution in [1.29, 1.82) is 0 Å². The molecule has 1 aromatic carbocycles. The monoisotopic (exact) mass is 320 g/mol. The number of benzene rings is 1. The molecule has 1 aliphatic heterocycles. The lowest BCUT2D eigenvalue weighted by atomic mass is 9.91. The number of carbonyl (C=O) groups is 1. The number of carboxylic acids is 1. The van der Waals surface area contributed by atoms with E-state index in [2.05, 4.69) is 9.47 Å². The normalized spacial score (nSPS) is 22.9. The van der Waals surface area contributed by atoms with Crippen LogP contribution in [0, 0.1) is 5.92 Å². The van der Waals surface area contributed by atoms with Gasteiger partial charge in [-0.15, -0.1) is 0 Å². The van der Waals surface area contributed by atoms with E-state index < -0.39 is 29.7 Å². The third-order valence-electron chi connectivity index (χ3n) is 3.80. The molecule has 0 spiro atoms. The van der Waals surface area contributed by atoms with Gasteiger partial charge in [-0.3, -0.25) is 4.79 Å². The second-order valence-electron chi connectivity index (χ2n) is 5.49. The first-order chi connectivity index (χ1) is 10.2. The number of ether oxygens (including phenoxy) is 2. The minimum atomic E-state index is -4.78. The molecular formula is C14H12F4O4. The van der Waals surface area contributed by atoms with Crippen LogP contribution in [0.15, 0.2) is 18.2 Å². The van der Waals surface area contributed by atoms with Crippen LogP contribution in [0.25, 0.3) is 0 Å². The number of hydrogen-bond acceptors (Lipinski definition) is 3. The van der Waals surface area contributed by atoms with Gasteiger partial charge in [0.15, 0.2) is 11.5 Å². The number of carboxylic acid groups (broad SMARTS) is 1. The van der Waals surface area contributed by atoms with Crippen molar-refractivity contribution in [2.24, 2.45) is 5.92 Å². The Morgan fingerprint density at radius 3 is 2.32 bits per heavy atom. The van der Waals surface area contributed by atoms with Crippen molar-refractivity contribution in [2.45, 2.75) is 37.4 Å². The van der Waals surface area contributed by atoms with Crippen molar-refractivity contribution in [1.82, 2.24) is 0 Å². The van der Waals surface area contributed by atoms with Gasteiger partial charge < -0.3 is 14.6 Å². The molecule has 1 atom stereocenters. The molecule has 1 heterocycles. The van der Waals surface area contributed by atoms with E-state index in [4.69, 9.17) is 5.11 Å². The van der Waals surface area contributed by atoms with E-state index in [1.54, 1.807) is 0 Å². The second-order valence-corrected chi connectivity index (χ2v) is 5.49. The van der Waals surface area contributed by atoms with Gasteiger partial charge in [0.05, 0.1) is 6.42 Å². The number of rotatable bonds is 4. The Morgan fingerprint density at radius 1 is 1.18 bits per heavy atom. The lowest BCUT2D eigenvalue weighted by Gasteiger charge is -2.32. The topological polar surface area (TPSA) is 55.8 Å². The zero-order valence-corrected chi connectivity index (χ0v) is 11.2. The number of alkyl halides is 4. The molecule has 0 amide bonds. The number of aliphatic carboxylic acids is 1. The van der Waals surface area contributed by atoms with Crippen molar-refractivity contribution in [2.75, 3.05) is 0 Å². The van der Waals surface area contributed by atoms with E-state index in [9.17, 15) is 22.4 Å². The quantitative estimate of drug-likeness (QED) is 0.861. The number of fused-ring (bicyclic) bond motifs is 1. The van der Waals surface area contributed by atoms with Gasteiger partial charge in [0.25, 0.3) is 0 Å².